The second-order valence-electron chi connectivity index (χ2n) is 9.29. The molecule has 8 nitrogen and oxygen atoms in total. The van der Waals surface area contributed by atoms with Crippen LogP contribution in [-0.2, 0) is 19.1 Å². The van der Waals surface area contributed by atoms with Crippen LogP contribution in [0.5, 0.6) is 0 Å². The van der Waals surface area contributed by atoms with Crippen molar-refractivity contribution in [2.24, 2.45) is 5.92 Å². The molecular weight excluding hydrogens is 436 g/mol. The number of aliphatic carboxylic acids is 1. The van der Waals surface area contributed by atoms with Gasteiger partial charge in [0.05, 0.1) is 12.5 Å². The average Bonchev–Trinajstić information content (AvgIpc) is 3.56. The van der Waals surface area contributed by atoms with Gasteiger partial charge in [0, 0.05) is 25.0 Å². The summed E-state index contributed by atoms with van der Waals surface area (Å²) in [6, 6.07) is 15.9. The Bertz CT molecular complexity index is 1060. The van der Waals surface area contributed by atoms with Gasteiger partial charge in [-0.05, 0) is 35.1 Å². The van der Waals surface area contributed by atoms with Crippen molar-refractivity contribution in [2.75, 3.05) is 19.8 Å². The molecule has 1 aliphatic heterocycles. The summed E-state index contributed by atoms with van der Waals surface area (Å²) in [7, 11) is 0. The summed E-state index contributed by atoms with van der Waals surface area (Å²) in [4.78, 5) is 37.3. The number of nitrogens with one attached hydrogen (secondary N) is 2. The summed E-state index contributed by atoms with van der Waals surface area (Å²) in [5.41, 5.74) is 3.18. The number of carbonyl (C=O) groups excluding carboxylic acids is 2. The third kappa shape index (κ3) is 4.03. The molecule has 0 aromatic heterocycles. The first-order valence-corrected chi connectivity index (χ1v) is 11.7. The minimum Gasteiger partial charge on any atom is -0.479 e. The quantitative estimate of drug-likeness (QED) is 0.606. The number of ether oxygens (including phenoxy) is 2. The lowest BCUT2D eigenvalue weighted by molar-refractivity contribution is -0.148. The molecule has 3 atom stereocenters. The summed E-state index contributed by atoms with van der Waals surface area (Å²) in [5, 5.41) is 15.1. The molecule has 0 bridgehead atoms. The summed E-state index contributed by atoms with van der Waals surface area (Å²) in [6.45, 7) is 0.437. The van der Waals surface area contributed by atoms with Crippen LogP contribution in [0.3, 0.4) is 0 Å². The van der Waals surface area contributed by atoms with Gasteiger partial charge in [-0.2, -0.15) is 0 Å². The Morgan fingerprint density at radius 3 is 2.32 bits per heavy atom. The van der Waals surface area contributed by atoms with E-state index in [1.807, 2.05) is 24.3 Å². The zero-order valence-electron chi connectivity index (χ0n) is 18.8. The van der Waals surface area contributed by atoms with Gasteiger partial charge in [0.25, 0.3) is 0 Å². The predicted octanol–water partition coefficient (Wildman–Crippen LogP) is 3.05. The zero-order valence-corrected chi connectivity index (χ0v) is 18.8. The molecule has 8 heteroatoms. The fraction of sp³-hybridized carbons (Fsp3) is 0.423. The molecule has 1 saturated carbocycles. The number of rotatable bonds is 6. The fourth-order valence-electron chi connectivity index (χ4n) is 5.45. The normalized spacial score (nSPS) is 25.4. The summed E-state index contributed by atoms with van der Waals surface area (Å²) >= 11 is 0. The number of hydrogen-bond donors (Lipinski definition) is 3. The highest BCUT2D eigenvalue weighted by Crippen LogP contribution is 2.44. The molecule has 0 radical (unpaired) electrons. The minimum atomic E-state index is -1.39. The van der Waals surface area contributed by atoms with Crippen LogP contribution < -0.4 is 10.6 Å². The maximum Gasteiger partial charge on any atom is 0.407 e. The fourth-order valence-corrected chi connectivity index (χ4v) is 5.45. The third-order valence-electron chi connectivity index (χ3n) is 7.29. The van der Waals surface area contributed by atoms with E-state index in [0.717, 1.165) is 28.7 Å². The molecule has 1 saturated heterocycles. The molecule has 34 heavy (non-hydrogen) atoms. The van der Waals surface area contributed by atoms with Crippen LogP contribution >= 0.6 is 0 Å². The predicted molar refractivity (Wildman–Crippen MR) is 123 cm³/mol. The summed E-state index contributed by atoms with van der Waals surface area (Å²) in [6.07, 6.45) is 1.65. The van der Waals surface area contributed by atoms with E-state index in [1.54, 1.807) is 0 Å². The second-order valence-corrected chi connectivity index (χ2v) is 9.29. The van der Waals surface area contributed by atoms with Crippen molar-refractivity contribution < 1.29 is 29.0 Å². The zero-order chi connectivity index (χ0) is 23.7. The van der Waals surface area contributed by atoms with Crippen molar-refractivity contribution in [1.82, 2.24) is 10.6 Å². The number of benzene rings is 2. The van der Waals surface area contributed by atoms with Gasteiger partial charge in [-0.3, -0.25) is 4.79 Å². The number of carboxylic acid groups (broad SMARTS) is 1. The van der Waals surface area contributed by atoms with E-state index in [1.165, 1.54) is 0 Å². The molecule has 2 amide bonds. The molecule has 2 aliphatic carbocycles. The average molecular weight is 465 g/mol. The lowest BCUT2D eigenvalue weighted by atomic mass is 9.95. The van der Waals surface area contributed by atoms with Gasteiger partial charge in [-0.25, -0.2) is 9.59 Å². The first-order valence-electron chi connectivity index (χ1n) is 11.7. The highest BCUT2D eigenvalue weighted by atomic mass is 16.5. The number of amides is 2. The van der Waals surface area contributed by atoms with Gasteiger partial charge in [0.15, 0.2) is 5.54 Å². The van der Waals surface area contributed by atoms with Crippen LogP contribution in [-0.4, -0.2) is 54.5 Å². The minimum absolute atomic E-state index is 0.0429. The van der Waals surface area contributed by atoms with Gasteiger partial charge >= 0.3 is 12.1 Å². The van der Waals surface area contributed by atoms with Crippen molar-refractivity contribution in [2.45, 2.75) is 43.2 Å². The lowest BCUT2D eigenvalue weighted by Gasteiger charge is -2.27. The Kier molecular flexibility index (Phi) is 6.00. The molecule has 0 spiro atoms. The largest absolute Gasteiger partial charge is 0.479 e. The second kappa shape index (κ2) is 9.10. The Morgan fingerprint density at radius 1 is 1.03 bits per heavy atom. The number of carbonyl (C=O) groups is 3. The van der Waals surface area contributed by atoms with E-state index in [4.69, 9.17) is 9.47 Å². The van der Waals surface area contributed by atoms with Crippen LogP contribution in [0.15, 0.2) is 48.5 Å². The standard InChI is InChI=1S/C26H28N2O6/c29-23(28-26(24(30)31)12-13-33-15-26)20-10-5-11-22(20)27-25(32)34-14-21-18-8-3-1-6-16(18)17-7-2-4-9-19(17)21/h1-4,6-9,20-22H,5,10-15H2,(H,27,32)(H,28,29)(H,30,31)/t20-,22+,26?/m0/s1. The Labute approximate surface area is 197 Å². The molecular formula is C26H28N2O6. The summed E-state index contributed by atoms with van der Waals surface area (Å²) < 4.78 is 10.8. The lowest BCUT2D eigenvalue weighted by Crippen LogP contribution is -2.58. The number of alkyl carbamates (subject to hydrolysis) is 1. The van der Waals surface area contributed by atoms with Crippen LogP contribution in [0.2, 0.25) is 0 Å². The number of fused-ring (bicyclic) bond motifs is 3. The van der Waals surface area contributed by atoms with E-state index in [2.05, 4.69) is 34.9 Å². The first kappa shape index (κ1) is 22.4. The topological polar surface area (TPSA) is 114 Å². The van der Waals surface area contributed by atoms with E-state index >= 15 is 0 Å². The van der Waals surface area contributed by atoms with Crippen LogP contribution in [0.25, 0.3) is 11.1 Å². The van der Waals surface area contributed by atoms with Gasteiger partial charge in [0.1, 0.15) is 6.61 Å². The molecule has 2 aromatic carbocycles. The molecule has 2 fully saturated rings. The van der Waals surface area contributed by atoms with Gasteiger partial charge in [-0.1, -0.05) is 55.0 Å². The van der Waals surface area contributed by atoms with E-state index in [0.29, 0.717) is 19.4 Å². The molecule has 1 unspecified atom stereocenters. The first-order chi connectivity index (χ1) is 16.5. The summed E-state index contributed by atoms with van der Waals surface area (Å²) in [5.74, 6) is -2.01. The van der Waals surface area contributed by atoms with Crippen molar-refractivity contribution in [3.8, 4) is 11.1 Å². The molecule has 3 N–H and O–H groups in total. The van der Waals surface area contributed by atoms with Gasteiger partial charge in [-0.15, -0.1) is 0 Å². The number of hydrogen-bond acceptors (Lipinski definition) is 5. The van der Waals surface area contributed by atoms with Crippen LogP contribution in [0.4, 0.5) is 4.79 Å². The maximum atomic E-state index is 12.9. The van der Waals surface area contributed by atoms with E-state index in [-0.39, 0.29) is 31.5 Å². The Hall–Kier alpha value is -3.39. The third-order valence-corrected chi connectivity index (χ3v) is 7.29. The maximum absolute atomic E-state index is 12.9. The molecule has 5 rings (SSSR count). The van der Waals surface area contributed by atoms with Crippen LogP contribution in [0, 0.1) is 5.92 Å². The highest BCUT2D eigenvalue weighted by molar-refractivity contribution is 5.89. The van der Waals surface area contributed by atoms with Gasteiger partial charge < -0.3 is 25.2 Å². The monoisotopic (exact) mass is 464 g/mol. The van der Waals surface area contributed by atoms with E-state index < -0.39 is 29.6 Å². The SMILES string of the molecule is O=C(N[C@@H]1CCC[C@@H]1C(=O)NC1(C(=O)O)CCOC1)OCC1c2ccccc2-c2ccccc21. The highest BCUT2D eigenvalue weighted by Gasteiger charge is 2.46. The van der Waals surface area contributed by atoms with Gasteiger partial charge in [0.2, 0.25) is 5.91 Å². The molecule has 2 aromatic rings. The molecule has 178 valence electrons. The smallest absolute Gasteiger partial charge is 0.407 e. The Balaban J connectivity index is 1.21. The van der Waals surface area contributed by atoms with Crippen molar-refractivity contribution in [3.05, 3.63) is 59.7 Å². The van der Waals surface area contributed by atoms with Crippen molar-refractivity contribution in [3.63, 3.8) is 0 Å². The number of carboxylic acids is 1. The van der Waals surface area contributed by atoms with E-state index in [9.17, 15) is 19.5 Å². The van der Waals surface area contributed by atoms with Crippen molar-refractivity contribution >= 4 is 18.0 Å². The molecule has 3 aliphatic rings. The Morgan fingerprint density at radius 2 is 1.71 bits per heavy atom. The van der Waals surface area contributed by atoms with Crippen LogP contribution in [0.1, 0.15) is 42.7 Å². The molecule has 1 heterocycles. The van der Waals surface area contributed by atoms with Crippen molar-refractivity contribution in [1.29, 1.82) is 0 Å².